The van der Waals surface area contributed by atoms with Gasteiger partial charge in [-0.15, -0.1) is 13.2 Å². The van der Waals surface area contributed by atoms with Gasteiger partial charge in [-0.25, -0.2) is 0 Å². The van der Waals surface area contributed by atoms with Gasteiger partial charge in [0.1, 0.15) is 5.75 Å². The van der Waals surface area contributed by atoms with Crippen LogP contribution >= 0.6 is 15.9 Å². The van der Waals surface area contributed by atoms with Gasteiger partial charge in [-0.05, 0) is 43.5 Å². The average molecular weight is 352 g/mol. The predicted molar refractivity (Wildman–Crippen MR) is 74.9 cm³/mol. The van der Waals surface area contributed by atoms with Crippen LogP contribution in [0.4, 0.5) is 13.2 Å². The van der Waals surface area contributed by atoms with Crippen LogP contribution in [0.3, 0.4) is 0 Å². The molecule has 0 saturated heterocycles. The van der Waals surface area contributed by atoms with Crippen LogP contribution in [-0.2, 0) is 6.54 Å². The lowest BCUT2D eigenvalue weighted by Crippen LogP contribution is -2.34. The van der Waals surface area contributed by atoms with E-state index in [0.717, 1.165) is 24.6 Å². The Balaban J connectivity index is 1.81. The highest BCUT2D eigenvalue weighted by molar-refractivity contribution is 9.09. The van der Waals surface area contributed by atoms with E-state index in [-0.39, 0.29) is 5.75 Å². The van der Waals surface area contributed by atoms with Crippen molar-refractivity contribution in [1.29, 1.82) is 0 Å². The van der Waals surface area contributed by atoms with Crippen molar-refractivity contribution in [2.45, 2.75) is 30.6 Å². The van der Waals surface area contributed by atoms with E-state index in [4.69, 9.17) is 0 Å². The van der Waals surface area contributed by atoms with Crippen LogP contribution in [0.25, 0.3) is 0 Å². The van der Waals surface area contributed by atoms with Gasteiger partial charge >= 0.3 is 6.36 Å². The lowest BCUT2D eigenvalue weighted by atomic mass is 9.85. The molecule has 1 fully saturated rings. The normalized spacial score (nSPS) is 22.7. The van der Waals surface area contributed by atoms with Crippen molar-refractivity contribution >= 4 is 15.9 Å². The molecule has 0 bridgehead atoms. The van der Waals surface area contributed by atoms with Crippen LogP contribution in [0.15, 0.2) is 24.3 Å². The molecular weight excluding hydrogens is 335 g/mol. The molecule has 2 rings (SSSR count). The molecule has 6 heteroatoms. The topological polar surface area (TPSA) is 12.5 Å². The molecule has 1 aliphatic rings. The first-order valence-corrected chi connectivity index (χ1v) is 7.40. The number of hydrogen-bond donors (Lipinski definition) is 0. The molecule has 20 heavy (non-hydrogen) atoms. The summed E-state index contributed by atoms with van der Waals surface area (Å²) >= 11 is 3.56. The molecule has 0 spiro atoms. The third-order valence-electron chi connectivity index (χ3n) is 3.36. The lowest BCUT2D eigenvalue weighted by molar-refractivity contribution is -0.274. The summed E-state index contributed by atoms with van der Waals surface area (Å²) in [5.41, 5.74) is 0.983. The molecule has 0 radical (unpaired) electrons. The quantitative estimate of drug-likeness (QED) is 0.737. The van der Waals surface area contributed by atoms with Gasteiger partial charge in [0.05, 0.1) is 0 Å². The molecule has 1 aliphatic carbocycles. The van der Waals surface area contributed by atoms with Crippen LogP contribution in [-0.4, -0.2) is 29.7 Å². The van der Waals surface area contributed by atoms with Gasteiger partial charge in [0.15, 0.2) is 0 Å². The van der Waals surface area contributed by atoms with Gasteiger partial charge < -0.3 is 9.64 Å². The van der Waals surface area contributed by atoms with Crippen molar-refractivity contribution < 1.29 is 17.9 Å². The van der Waals surface area contributed by atoms with E-state index in [1.807, 2.05) is 7.05 Å². The number of ether oxygens (including phenoxy) is 1. The molecule has 0 unspecified atom stereocenters. The third kappa shape index (κ3) is 4.98. The number of halogens is 4. The van der Waals surface area contributed by atoms with E-state index < -0.39 is 6.36 Å². The number of rotatable bonds is 5. The monoisotopic (exact) mass is 351 g/mol. The third-order valence-corrected chi connectivity index (χ3v) is 4.11. The summed E-state index contributed by atoms with van der Waals surface area (Å²) in [5, 5.41) is 0. The standard InChI is InChI=1S/C14H17BrF3NO/c1-19(9-11-6-12(15)7-11)8-10-2-4-13(5-3-10)20-14(16,17)18/h2-5,11-12H,6-9H2,1H3. The molecule has 1 saturated carbocycles. The Morgan fingerprint density at radius 1 is 1.25 bits per heavy atom. The second-order valence-electron chi connectivity index (χ2n) is 5.32. The Bertz CT molecular complexity index is 429. The fourth-order valence-electron chi connectivity index (χ4n) is 2.42. The van der Waals surface area contributed by atoms with Gasteiger partial charge in [-0.2, -0.15) is 0 Å². The summed E-state index contributed by atoms with van der Waals surface area (Å²) in [6.07, 6.45) is -2.24. The van der Waals surface area contributed by atoms with Crippen LogP contribution < -0.4 is 4.74 Å². The summed E-state index contributed by atoms with van der Waals surface area (Å²) in [6.45, 7) is 1.75. The van der Waals surface area contributed by atoms with Crippen LogP contribution in [0.2, 0.25) is 0 Å². The number of alkyl halides is 4. The minimum absolute atomic E-state index is 0.176. The number of benzene rings is 1. The molecule has 112 valence electrons. The molecule has 2 nitrogen and oxygen atoms in total. The van der Waals surface area contributed by atoms with E-state index in [1.165, 1.54) is 25.0 Å². The molecule has 0 atom stereocenters. The zero-order chi connectivity index (χ0) is 14.8. The Morgan fingerprint density at radius 3 is 2.35 bits per heavy atom. The van der Waals surface area contributed by atoms with Gasteiger partial charge in [0.2, 0.25) is 0 Å². The SMILES string of the molecule is CN(Cc1ccc(OC(F)(F)F)cc1)CC1CC(Br)C1. The fraction of sp³-hybridized carbons (Fsp3) is 0.571. The summed E-state index contributed by atoms with van der Waals surface area (Å²) in [6, 6.07) is 6.06. The summed E-state index contributed by atoms with van der Waals surface area (Å²) < 4.78 is 40.0. The maximum Gasteiger partial charge on any atom is 0.573 e. The summed E-state index contributed by atoms with van der Waals surface area (Å²) in [7, 11) is 2.03. The van der Waals surface area contributed by atoms with E-state index >= 15 is 0 Å². The highest BCUT2D eigenvalue weighted by Gasteiger charge is 2.31. The van der Waals surface area contributed by atoms with Crippen LogP contribution in [0.5, 0.6) is 5.75 Å². The van der Waals surface area contributed by atoms with Gasteiger partial charge in [0.25, 0.3) is 0 Å². The highest BCUT2D eigenvalue weighted by atomic mass is 79.9. The van der Waals surface area contributed by atoms with Crippen molar-refractivity contribution in [2.24, 2.45) is 5.92 Å². The van der Waals surface area contributed by atoms with Gasteiger partial charge in [-0.3, -0.25) is 0 Å². The first kappa shape index (κ1) is 15.6. The first-order valence-electron chi connectivity index (χ1n) is 6.49. The maximum atomic E-state index is 12.0. The zero-order valence-electron chi connectivity index (χ0n) is 11.2. The van der Waals surface area contributed by atoms with E-state index in [1.54, 1.807) is 12.1 Å². The molecule has 0 heterocycles. The summed E-state index contributed by atoms with van der Waals surface area (Å²) in [5.74, 6) is 0.544. The Labute approximate surface area is 125 Å². The number of nitrogens with zero attached hydrogens (tertiary/aromatic N) is 1. The second kappa shape index (κ2) is 6.35. The second-order valence-corrected chi connectivity index (χ2v) is 6.62. The van der Waals surface area contributed by atoms with E-state index in [0.29, 0.717) is 4.83 Å². The molecule has 0 amide bonds. The van der Waals surface area contributed by atoms with Gasteiger partial charge in [0, 0.05) is 17.9 Å². The van der Waals surface area contributed by atoms with Crippen molar-refractivity contribution in [3.05, 3.63) is 29.8 Å². The largest absolute Gasteiger partial charge is 0.573 e. The smallest absolute Gasteiger partial charge is 0.406 e. The predicted octanol–water partition coefficient (Wildman–Crippen LogP) is 4.19. The highest BCUT2D eigenvalue weighted by Crippen LogP contribution is 2.33. The van der Waals surface area contributed by atoms with Crippen LogP contribution in [0, 0.1) is 5.92 Å². The molecular formula is C14H17BrF3NO. The van der Waals surface area contributed by atoms with Crippen molar-refractivity contribution in [2.75, 3.05) is 13.6 Å². The van der Waals surface area contributed by atoms with E-state index in [2.05, 4.69) is 25.6 Å². The average Bonchev–Trinajstić information content (AvgIpc) is 2.28. The minimum atomic E-state index is -4.63. The molecule has 0 N–H and O–H groups in total. The Morgan fingerprint density at radius 2 is 1.85 bits per heavy atom. The minimum Gasteiger partial charge on any atom is -0.406 e. The molecule has 1 aromatic carbocycles. The summed E-state index contributed by atoms with van der Waals surface area (Å²) in [4.78, 5) is 2.85. The zero-order valence-corrected chi connectivity index (χ0v) is 12.7. The van der Waals surface area contributed by atoms with Crippen molar-refractivity contribution in [3.8, 4) is 5.75 Å². The molecule has 1 aromatic rings. The Kier molecular flexibility index (Phi) is 4.96. The van der Waals surface area contributed by atoms with Gasteiger partial charge in [-0.1, -0.05) is 28.1 Å². The van der Waals surface area contributed by atoms with E-state index in [9.17, 15) is 13.2 Å². The Hall–Kier alpha value is -0.750. The maximum absolute atomic E-state index is 12.0. The first-order chi connectivity index (χ1) is 9.32. The lowest BCUT2D eigenvalue weighted by Gasteiger charge is -2.34. The van der Waals surface area contributed by atoms with Crippen LogP contribution in [0.1, 0.15) is 18.4 Å². The molecule has 0 aromatic heterocycles. The molecule has 0 aliphatic heterocycles. The van der Waals surface area contributed by atoms with Crippen molar-refractivity contribution in [3.63, 3.8) is 0 Å². The fourth-order valence-corrected chi connectivity index (χ4v) is 3.47. The number of hydrogen-bond acceptors (Lipinski definition) is 2. The van der Waals surface area contributed by atoms with Crippen molar-refractivity contribution in [1.82, 2.24) is 4.90 Å².